The molecule has 1 saturated heterocycles. The van der Waals surface area contributed by atoms with Crippen molar-refractivity contribution in [3.05, 3.63) is 65.7 Å². The van der Waals surface area contributed by atoms with Crippen LogP contribution in [0.3, 0.4) is 0 Å². The summed E-state index contributed by atoms with van der Waals surface area (Å²) in [6, 6.07) is 17.3. The van der Waals surface area contributed by atoms with Crippen LogP contribution in [0.25, 0.3) is 0 Å². The molecule has 2 aromatic carbocycles. The monoisotopic (exact) mass is 422 g/mol. The number of benzene rings is 2. The largest absolute Gasteiger partial charge is 0.497 e. The Hall–Kier alpha value is -3.15. The van der Waals surface area contributed by atoms with E-state index in [1.165, 1.54) is 15.4 Å². The lowest BCUT2D eigenvalue weighted by atomic mass is 10.1. The van der Waals surface area contributed by atoms with Gasteiger partial charge in [0.1, 0.15) is 5.75 Å². The van der Waals surface area contributed by atoms with E-state index in [-0.39, 0.29) is 18.2 Å². The maximum atomic E-state index is 12.7. The molecule has 0 radical (unpaired) electrons. The zero-order valence-corrected chi connectivity index (χ0v) is 18.1. The first-order valence-corrected chi connectivity index (χ1v) is 10.9. The van der Waals surface area contributed by atoms with Gasteiger partial charge in [-0.1, -0.05) is 42.5 Å². The topological polar surface area (TPSA) is 66.9 Å². The zero-order valence-electron chi connectivity index (χ0n) is 18.1. The molecule has 0 N–H and O–H groups in total. The van der Waals surface area contributed by atoms with E-state index in [1.54, 1.807) is 7.11 Å². The van der Waals surface area contributed by atoms with Crippen molar-refractivity contribution in [2.24, 2.45) is 0 Å². The van der Waals surface area contributed by atoms with Crippen LogP contribution in [0.5, 0.6) is 5.75 Å². The van der Waals surface area contributed by atoms with E-state index in [0.717, 1.165) is 24.2 Å². The summed E-state index contributed by atoms with van der Waals surface area (Å²) in [6.07, 6.45) is 4.10. The first-order valence-electron chi connectivity index (χ1n) is 10.9. The van der Waals surface area contributed by atoms with Crippen molar-refractivity contribution >= 4 is 17.8 Å². The molecule has 0 saturated carbocycles. The van der Waals surface area contributed by atoms with Gasteiger partial charge in [0.2, 0.25) is 11.8 Å². The molecular weight excluding hydrogens is 392 g/mol. The summed E-state index contributed by atoms with van der Waals surface area (Å²) >= 11 is 0. The van der Waals surface area contributed by atoms with Gasteiger partial charge in [0.05, 0.1) is 7.11 Å². The highest BCUT2D eigenvalue weighted by Crippen LogP contribution is 2.17. The number of methoxy groups -OCH3 is 1. The minimum absolute atomic E-state index is 0.198. The average molecular weight is 423 g/mol. The lowest BCUT2D eigenvalue weighted by Gasteiger charge is -2.33. The Labute approximate surface area is 183 Å². The van der Waals surface area contributed by atoms with Gasteiger partial charge in [0.15, 0.2) is 0 Å². The van der Waals surface area contributed by atoms with Crippen LogP contribution in [-0.2, 0) is 22.4 Å². The van der Waals surface area contributed by atoms with Crippen LogP contribution in [0.2, 0.25) is 0 Å². The van der Waals surface area contributed by atoms with Crippen LogP contribution in [0, 0.1) is 0 Å². The number of nitrogens with zero attached hydrogens (tertiary/aromatic N) is 2. The molecule has 1 aliphatic heterocycles. The van der Waals surface area contributed by atoms with Gasteiger partial charge < -0.3 is 4.74 Å². The molecule has 6 nitrogen and oxygen atoms in total. The number of amides is 4. The second kappa shape index (κ2) is 11.3. The number of hydrogen-bond acceptors (Lipinski definition) is 4. The molecule has 0 aromatic heterocycles. The number of carbonyl (C=O) groups is 3. The fourth-order valence-electron chi connectivity index (χ4n) is 3.78. The molecule has 164 valence electrons. The van der Waals surface area contributed by atoms with Gasteiger partial charge in [-0.3, -0.25) is 19.4 Å². The van der Waals surface area contributed by atoms with Crippen LogP contribution in [0.1, 0.15) is 43.2 Å². The molecule has 1 heterocycles. The molecule has 1 fully saturated rings. The van der Waals surface area contributed by atoms with Crippen LogP contribution in [0.15, 0.2) is 54.6 Å². The maximum absolute atomic E-state index is 12.7. The van der Waals surface area contributed by atoms with Gasteiger partial charge in [-0.15, -0.1) is 0 Å². The highest BCUT2D eigenvalue weighted by atomic mass is 16.5. The predicted octanol–water partition coefficient (Wildman–Crippen LogP) is 4.22. The first kappa shape index (κ1) is 22.5. The third-order valence-electron chi connectivity index (χ3n) is 5.54. The van der Waals surface area contributed by atoms with Crippen molar-refractivity contribution in [2.45, 2.75) is 44.9 Å². The molecule has 0 aliphatic carbocycles. The summed E-state index contributed by atoms with van der Waals surface area (Å²) in [6.45, 7) is 0.770. The average Bonchev–Trinajstić information content (AvgIpc) is 2.80. The highest BCUT2D eigenvalue weighted by molar-refractivity contribution is 6.02. The summed E-state index contributed by atoms with van der Waals surface area (Å²) < 4.78 is 5.15. The Morgan fingerprint density at radius 2 is 1.32 bits per heavy atom. The van der Waals surface area contributed by atoms with Crippen molar-refractivity contribution in [1.82, 2.24) is 9.80 Å². The zero-order chi connectivity index (χ0) is 22.1. The SMILES string of the molecule is COc1ccc(CCCC(=O)N2CCCN(C(=O)CCCc3ccccc3)C2=O)cc1. The third-order valence-corrected chi connectivity index (χ3v) is 5.54. The van der Waals surface area contributed by atoms with E-state index in [0.29, 0.717) is 38.8 Å². The normalized spacial score (nSPS) is 13.9. The second-order valence-corrected chi connectivity index (χ2v) is 7.77. The number of rotatable bonds is 9. The highest BCUT2D eigenvalue weighted by Gasteiger charge is 2.33. The molecule has 0 bridgehead atoms. The summed E-state index contributed by atoms with van der Waals surface area (Å²) in [5.41, 5.74) is 2.29. The molecular formula is C25H30N2O4. The minimum Gasteiger partial charge on any atom is -0.497 e. The van der Waals surface area contributed by atoms with Gasteiger partial charge in [-0.05, 0) is 55.4 Å². The van der Waals surface area contributed by atoms with Gasteiger partial charge in [0, 0.05) is 25.9 Å². The van der Waals surface area contributed by atoms with E-state index < -0.39 is 6.03 Å². The molecule has 3 rings (SSSR count). The quantitative estimate of drug-likeness (QED) is 0.607. The summed E-state index contributed by atoms with van der Waals surface area (Å²) in [4.78, 5) is 40.4. The maximum Gasteiger partial charge on any atom is 0.333 e. The number of carbonyl (C=O) groups excluding carboxylic acids is 3. The van der Waals surface area contributed by atoms with Crippen molar-refractivity contribution < 1.29 is 19.1 Å². The molecule has 1 aliphatic rings. The standard InChI is InChI=1S/C25H30N2O4/c1-31-22-16-14-21(15-17-22)11-6-13-24(29)27-19-7-18-26(25(27)30)23(28)12-5-10-20-8-3-2-4-9-20/h2-4,8-9,14-17H,5-7,10-13,18-19H2,1H3. The van der Waals surface area contributed by atoms with Crippen LogP contribution in [-0.4, -0.2) is 47.8 Å². The second-order valence-electron chi connectivity index (χ2n) is 7.77. The fraction of sp³-hybridized carbons (Fsp3) is 0.400. The van der Waals surface area contributed by atoms with E-state index >= 15 is 0 Å². The number of imide groups is 2. The smallest absolute Gasteiger partial charge is 0.333 e. The molecule has 2 aromatic rings. The lowest BCUT2D eigenvalue weighted by molar-refractivity contribution is -0.133. The first-order chi connectivity index (χ1) is 15.1. The van der Waals surface area contributed by atoms with E-state index in [1.807, 2.05) is 54.6 Å². The molecule has 0 spiro atoms. The Balaban J connectivity index is 1.44. The van der Waals surface area contributed by atoms with Crippen molar-refractivity contribution in [3.63, 3.8) is 0 Å². The lowest BCUT2D eigenvalue weighted by Crippen LogP contribution is -2.53. The van der Waals surface area contributed by atoms with E-state index in [9.17, 15) is 14.4 Å². The van der Waals surface area contributed by atoms with Gasteiger partial charge in [0.25, 0.3) is 0 Å². The summed E-state index contributed by atoms with van der Waals surface area (Å²) in [7, 11) is 1.63. The number of aryl methyl sites for hydroxylation is 2. The van der Waals surface area contributed by atoms with Crippen molar-refractivity contribution in [2.75, 3.05) is 20.2 Å². The van der Waals surface area contributed by atoms with Crippen molar-refractivity contribution in [1.29, 1.82) is 0 Å². The van der Waals surface area contributed by atoms with Gasteiger partial charge in [-0.25, -0.2) is 4.79 Å². The number of ether oxygens (including phenoxy) is 1. The Morgan fingerprint density at radius 1 is 0.806 bits per heavy atom. The molecule has 4 amide bonds. The Morgan fingerprint density at radius 3 is 1.84 bits per heavy atom. The summed E-state index contributed by atoms with van der Waals surface area (Å²) in [5.74, 6) is 0.393. The molecule has 0 atom stereocenters. The number of hydrogen-bond donors (Lipinski definition) is 0. The van der Waals surface area contributed by atoms with E-state index in [2.05, 4.69) is 0 Å². The Bertz CT molecular complexity index is 880. The molecule has 0 unspecified atom stereocenters. The molecule has 6 heteroatoms. The summed E-state index contributed by atoms with van der Waals surface area (Å²) in [5, 5.41) is 0. The Kier molecular flexibility index (Phi) is 8.21. The van der Waals surface area contributed by atoms with Crippen molar-refractivity contribution in [3.8, 4) is 5.75 Å². The third kappa shape index (κ3) is 6.41. The van der Waals surface area contributed by atoms with Crippen LogP contribution >= 0.6 is 0 Å². The fourth-order valence-corrected chi connectivity index (χ4v) is 3.78. The molecule has 31 heavy (non-hydrogen) atoms. The van der Waals surface area contributed by atoms with Gasteiger partial charge >= 0.3 is 6.03 Å². The van der Waals surface area contributed by atoms with Crippen LogP contribution < -0.4 is 4.74 Å². The number of urea groups is 1. The van der Waals surface area contributed by atoms with Gasteiger partial charge in [-0.2, -0.15) is 0 Å². The minimum atomic E-state index is -0.467. The van der Waals surface area contributed by atoms with E-state index in [4.69, 9.17) is 4.74 Å². The predicted molar refractivity (Wildman–Crippen MR) is 119 cm³/mol. The van der Waals surface area contributed by atoms with Crippen LogP contribution in [0.4, 0.5) is 4.79 Å².